The molecule has 1 heterocycles. The number of benzene rings is 2. The van der Waals surface area contributed by atoms with Crippen LogP contribution in [0.4, 0.5) is 4.39 Å². The van der Waals surface area contributed by atoms with Crippen molar-refractivity contribution in [2.75, 3.05) is 13.1 Å². The molecule has 1 aliphatic rings. The molecule has 0 aliphatic carbocycles. The average Bonchev–Trinajstić information content (AvgIpc) is 2.67. The normalized spacial score (nSPS) is 17.3. The van der Waals surface area contributed by atoms with E-state index in [0.717, 1.165) is 51.0 Å². The molecule has 2 aromatic rings. The summed E-state index contributed by atoms with van der Waals surface area (Å²) in [5, 5.41) is 13.1. The minimum Gasteiger partial charge on any atom is -0.393 e. The van der Waals surface area contributed by atoms with Crippen molar-refractivity contribution in [1.29, 1.82) is 0 Å². The molecule has 140 valence electrons. The molecule has 2 N–H and O–H groups in total. The molecule has 2 aromatic carbocycles. The summed E-state index contributed by atoms with van der Waals surface area (Å²) in [6.07, 6.45) is 2.47. The van der Waals surface area contributed by atoms with E-state index in [2.05, 4.69) is 41.4 Å². The summed E-state index contributed by atoms with van der Waals surface area (Å²) in [6, 6.07) is 15.7. The maximum Gasteiger partial charge on any atom is 0.127 e. The Kier molecular flexibility index (Phi) is 6.78. The SMILES string of the molecule is CCC(NCc1ccc(CN2CCC(O)CC2)cc1)c1ccccc1F. The fourth-order valence-electron chi connectivity index (χ4n) is 3.57. The fourth-order valence-corrected chi connectivity index (χ4v) is 3.57. The predicted octanol–water partition coefficient (Wildman–Crippen LogP) is 4.02. The van der Waals surface area contributed by atoms with Crippen LogP contribution in [0.5, 0.6) is 0 Å². The molecule has 0 aromatic heterocycles. The zero-order valence-corrected chi connectivity index (χ0v) is 15.5. The van der Waals surface area contributed by atoms with Crippen molar-refractivity contribution >= 4 is 0 Å². The van der Waals surface area contributed by atoms with Crippen LogP contribution in [-0.2, 0) is 13.1 Å². The van der Waals surface area contributed by atoms with E-state index in [0.29, 0.717) is 0 Å². The van der Waals surface area contributed by atoms with E-state index >= 15 is 0 Å². The van der Waals surface area contributed by atoms with Gasteiger partial charge < -0.3 is 10.4 Å². The highest BCUT2D eigenvalue weighted by Crippen LogP contribution is 2.20. The van der Waals surface area contributed by atoms with E-state index in [1.807, 2.05) is 12.1 Å². The highest BCUT2D eigenvalue weighted by atomic mass is 19.1. The summed E-state index contributed by atoms with van der Waals surface area (Å²) < 4.78 is 14.0. The third-order valence-corrected chi connectivity index (χ3v) is 5.23. The monoisotopic (exact) mass is 356 g/mol. The number of piperidine rings is 1. The molecular weight excluding hydrogens is 327 g/mol. The van der Waals surface area contributed by atoms with Crippen LogP contribution in [0, 0.1) is 5.82 Å². The number of nitrogens with one attached hydrogen (secondary N) is 1. The fraction of sp³-hybridized carbons (Fsp3) is 0.455. The van der Waals surface area contributed by atoms with Gasteiger partial charge in [-0.25, -0.2) is 4.39 Å². The molecule has 1 fully saturated rings. The number of aliphatic hydroxyl groups excluding tert-OH is 1. The zero-order chi connectivity index (χ0) is 18.4. The first-order valence-corrected chi connectivity index (χ1v) is 9.61. The van der Waals surface area contributed by atoms with Crippen LogP contribution < -0.4 is 5.32 Å². The second-order valence-electron chi connectivity index (χ2n) is 7.19. The summed E-state index contributed by atoms with van der Waals surface area (Å²) in [5.74, 6) is -0.145. The van der Waals surface area contributed by atoms with Crippen molar-refractivity contribution < 1.29 is 9.50 Å². The molecule has 0 saturated carbocycles. The number of hydrogen-bond donors (Lipinski definition) is 2. The van der Waals surface area contributed by atoms with E-state index in [9.17, 15) is 9.50 Å². The summed E-state index contributed by atoms with van der Waals surface area (Å²) >= 11 is 0. The van der Waals surface area contributed by atoms with Crippen molar-refractivity contribution in [2.45, 2.75) is 51.4 Å². The van der Waals surface area contributed by atoms with Crippen LogP contribution >= 0.6 is 0 Å². The van der Waals surface area contributed by atoms with Crippen molar-refractivity contribution in [2.24, 2.45) is 0 Å². The molecule has 0 radical (unpaired) electrons. The van der Waals surface area contributed by atoms with E-state index in [-0.39, 0.29) is 18.0 Å². The van der Waals surface area contributed by atoms with Gasteiger partial charge in [-0.15, -0.1) is 0 Å². The second-order valence-corrected chi connectivity index (χ2v) is 7.19. The zero-order valence-electron chi connectivity index (χ0n) is 15.5. The van der Waals surface area contributed by atoms with Gasteiger partial charge in [0, 0.05) is 37.8 Å². The van der Waals surface area contributed by atoms with Gasteiger partial charge in [-0.3, -0.25) is 4.90 Å². The third-order valence-electron chi connectivity index (χ3n) is 5.23. The van der Waals surface area contributed by atoms with Crippen LogP contribution in [0.1, 0.15) is 48.9 Å². The van der Waals surface area contributed by atoms with Crippen LogP contribution in [0.3, 0.4) is 0 Å². The van der Waals surface area contributed by atoms with Gasteiger partial charge in [0.15, 0.2) is 0 Å². The van der Waals surface area contributed by atoms with Gasteiger partial charge in [-0.1, -0.05) is 49.4 Å². The highest BCUT2D eigenvalue weighted by Gasteiger charge is 2.17. The smallest absolute Gasteiger partial charge is 0.127 e. The predicted molar refractivity (Wildman–Crippen MR) is 103 cm³/mol. The first kappa shape index (κ1) is 19.0. The Morgan fingerprint density at radius 3 is 2.38 bits per heavy atom. The van der Waals surface area contributed by atoms with Crippen molar-refractivity contribution in [3.05, 3.63) is 71.0 Å². The second kappa shape index (κ2) is 9.26. The van der Waals surface area contributed by atoms with Gasteiger partial charge in [0.1, 0.15) is 5.82 Å². The molecule has 1 saturated heterocycles. The van der Waals surface area contributed by atoms with Crippen LogP contribution in [-0.4, -0.2) is 29.2 Å². The number of likely N-dealkylation sites (tertiary alicyclic amines) is 1. The standard InChI is InChI=1S/C22H29FN2O/c1-2-22(20-5-3-4-6-21(20)23)24-15-17-7-9-18(10-8-17)16-25-13-11-19(26)12-14-25/h3-10,19,22,24,26H,2,11-16H2,1H3. The molecule has 4 heteroatoms. The number of nitrogens with zero attached hydrogens (tertiary/aromatic N) is 1. The Bertz CT molecular complexity index is 681. The summed E-state index contributed by atoms with van der Waals surface area (Å²) in [5.41, 5.74) is 3.24. The van der Waals surface area contributed by atoms with Gasteiger partial charge in [0.2, 0.25) is 0 Å². The molecule has 1 aliphatic heterocycles. The van der Waals surface area contributed by atoms with Crippen LogP contribution in [0.25, 0.3) is 0 Å². The van der Waals surface area contributed by atoms with Gasteiger partial charge in [-0.05, 0) is 36.5 Å². The van der Waals surface area contributed by atoms with Gasteiger partial charge >= 0.3 is 0 Å². The van der Waals surface area contributed by atoms with E-state index in [1.54, 1.807) is 6.07 Å². The lowest BCUT2D eigenvalue weighted by Gasteiger charge is -2.29. The molecule has 0 amide bonds. The Labute approximate surface area is 155 Å². The third kappa shape index (κ3) is 5.13. The summed E-state index contributed by atoms with van der Waals surface area (Å²) in [4.78, 5) is 2.39. The lowest BCUT2D eigenvalue weighted by atomic mass is 10.0. The van der Waals surface area contributed by atoms with Crippen molar-refractivity contribution in [3.8, 4) is 0 Å². The number of halogens is 1. The molecule has 0 bridgehead atoms. The van der Waals surface area contributed by atoms with Crippen LogP contribution in [0.2, 0.25) is 0 Å². The summed E-state index contributed by atoms with van der Waals surface area (Å²) in [6.45, 7) is 5.66. The van der Waals surface area contributed by atoms with Crippen molar-refractivity contribution in [3.63, 3.8) is 0 Å². The van der Waals surface area contributed by atoms with Crippen LogP contribution in [0.15, 0.2) is 48.5 Å². The Morgan fingerprint density at radius 1 is 1.08 bits per heavy atom. The van der Waals surface area contributed by atoms with Crippen molar-refractivity contribution in [1.82, 2.24) is 10.2 Å². The maximum atomic E-state index is 14.0. The molecular formula is C22H29FN2O. The lowest BCUT2D eigenvalue weighted by molar-refractivity contribution is 0.0792. The summed E-state index contributed by atoms with van der Waals surface area (Å²) in [7, 11) is 0. The highest BCUT2D eigenvalue weighted by molar-refractivity contribution is 5.24. The number of aliphatic hydroxyl groups is 1. The molecule has 1 atom stereocenters. The van der Waals surface area contributed by atoms with Gasteiger partial charge in [0.25, 0.3) is 0 Å². The quantitative estimate of drug-likeness (QED) is 0.786. The Morgan fingerprint density at radius 2 is 1.73 bits per heavy atom. The van der Waals surface area contributed by atoms with Gasteiger partial charge in [0.05, 0.1) is 6.10 Å². The Balaban J connectivity index is 1.53. The number of rotatable bonds is 7. The van der Waals surface area contributed by atoms with Gasteiger partial charge in [-0.2, -0.15) is 0 Å². The lowest BCUT2D eigenvalue weighted by Crippen LogP contribution is -2.35. The first-order chi connectivity index (χ1) is 12.7. The average molecular weight is 356 g/mol. The molecule has 26 heavy (non-hydrogen) atoms. The molecule has 3 rings (SSSR count). The maximum absolute atomic E-state index is 14.0. The first-order valence-electron chi connectivity index (χ1n) is 9.61. The topological polar surface area (TPSA) is 35.5 Å². The Hall–Kier alpha value is -1.75. The van der Waals surface area contributed by atoms with E-state index < -0.39 is 0 Å². The van der Waals surface area contributed by atoms with E-state index in [4.69, 9.17) is 0 Å². The number of hydrogen-bond acceptors (Lipinski definition) is 3. The molecule has 0 spiro atoms. The molecule has 3 nitrogen and oxygen atoms in total. The minimum absolute atomic E-state index is 0.0238. The largest absolute Gasteiger partial charge is 0.393 e. The molecule has 1 unspecified atom stereocenters. The van der Waals surface area contributed by atoms with E-state index in [1.165, 1.54) is 17.2 Å². The minimum atomic E-state index is -0.145.